The second-order valence-corrected chi connectivity index (χ2v) is 8.04. The van der Waals surface area contributed by atoms with E-state index < -0.39 is 0 Å². The van der Waals surface area contributed by atoms with E-state index in [0.717, 1.165) is 28.0 Å². The van der Waals surface area contributed by atoms with Crippen molar-refractivity contribution in [1.82, 2.24) is 20.2 Å². The molecule has 4 rings (SSSR count). The molecule has 0 atom stereocenters. The third kappa shape index (κ3) is 5.03. The molecule has 184 valence electrons. The summed E-state index contributed by atoms with van der Waals surface area (Å²) < 4.78 is 16.1. The molecule has 3 aromatic rings. The highest BCUT2D eigenvalue weighted by Crippen LogP contribution is 2.35. The maximum Gasteiger partial charge on any atom is 0.169 e. The number of nitrogens with one attached hydrogen (secondary N) is 1. The lowest BCUT2D eigenvalue weighted by atomic mass is 10.1. The van der Waals surface area contributed by atoms with Gasteiger partial charge in [-0.1, -0.05) is 12.1 Å². The van der Waals surface area contributed by atoms with Gasteiger partial charge in [-0.15, -0.1) is 0 Å². The second kappa shape index (κ2) is 11.2. The van der Waals surface area contributed by atoms with Crippen molar-refractivity contribution in [1.29, 1.82) is 10.5 Å². The van der Waals surface area contributed by atoms with Gasteiger partial charge in [0.25, 0.3) is 0 Å². The molecule has 2 heterocycles. The Morgan fingerprint density at radius 2 is 1.58 bits per heavy atom. The van der Waals surface area contributed by atoms with Crippen LogP contribution in [0.15, 0.2) is 54.1 Å². The fraction of sp³-hybridized carbons (Fsp3) is 0.308. The predicted octanol–water partition coefficient (Wildman–Crippen LogP) is 2.83. The van der Waals surface area contributed by atoms with Gasteiger partial charge in [-0.2, -0.15) is 10.5 Å². The molecule has 1 fully saturated rings. The molecule has 0 radical (unpaired) electrons. The number of ether oxygens (including phenoxy) is 3. The molecule has 10 nitrogen and oxygen atoms in total. The van der Waals surface area contributed by atoms with Gasteiger partial charge in [0.2, 0.25) is 0 Å². The molecule has 0 amide bonds. The van der Waals surface area contributed by atoms with Crippen molar-refractivity contribution in [3.63, 3.8) is 0 Å². The van der Waals surface area contributed by atoms with Crippen LogP contribution in [0.4, 0.5) is 5.82 Å². The van der Waals surface area contributed by atoms with Gasteiger partial charge < -0.3 is 29.3 Å². The number of nitriles is 2. The van der Waals surface area contributed by atoms with Crippen LogP contribution in [0.3, 0.4) is 0 Å². The first-order chi connectivity index (χ1) is 17.6. The van der Waals surface area contributed by atoms with Crippen LogP contribution in [0.1, 0.15) is 5.56 Å². The van der Waals surface area contributed by atoms with E-state index in [1.807, 2.05) is 53.4 Å². The first-order valence-electron chi connectivity index (χ1n) is 11.4. The molecular formula is C26H27N7O3. The standard InChI is InChI=1S/C26H27N7O3/c1-34-20-6-4-18(5-7-20)16-29-25(19(14-27)15-28)32-8-10-33(11-9-32)26-21-12-23(35-2)24(36-3)13-22(21)30-17-31-26/h4-7,12-13,17,29H,8-11,16H2,1-3H3. The number of methoxy groups -OCH3 is 3. The average Bonchev–Trinajstić information content (AvgIpc) is 2.94. The van der Waals surface area contributed by atoms with E-state index in [0.29, 0.717) is 50.0 Å². The van der Waals surface area contributed by atoms with E-state index in [2.05, 4.69) is 20.2 Å². The van der Waals surface area contributed by atoms with E-state index in [1.165, 1.54) is 0 Å². The topological polar surface area (TPSA) is 120 Å². The Labute approximate surface area is 209 Å². The van der Waals surface area contributed by atoms with Gasteiger partial charge in [0.05, 0.1) is 26.8 Å². The van der Waals surface area contributed by atoms with E-state index in [1.54, 1.807) is 27.7 Å². The number of anilines is 1. The Morgan fingerprint density at radius 1 is 0.917 bits per heavy atom. The lowest BCUT2D eigenvalue weighted by Crippen LogP contribution is -2.48. The highest BCUT2D eigenvalue weighted by atomic mass is 16.5. The summed E-state index contributed by atoms with van der Waals surface area (Å²) in [5.74, 6) is 3.33. The number of fused-ring (bicyclic) bond motifs is 1. The minimum absolute atomic E-state index is 0.0567. The molecule has 1 saturated heterocycles. The number of hydrogen-bond donors (Lipinski definition) is 1. The van der Waals surface area contributed by atoms with E-state index >= 15 is 0 Å². The molecule has 1 aliphatic heterocycles. The normalized spacial score (nSPS) is 12.9. The molecular weight excluding hydrogens is 458 g/mol. The SMILES string of the molecule is COc1ccc(CNC(=C(C#N)C#N)N2CCN(c3ncnc4cc(OC)c(OC)cc34)CC2)cc1. The zero-order valence-corrected chi connectivity index (χ0v) is 20.5. The van der Waals surface area contributed by atoms with Crippen LogP contribution in [0.2, 0.25) is 0 Å². The quantitative estimate of drug-likeness (QED) is 0.477. The third-order valence-corrected chi connectivity index (χ3v) is 6.09. The summed E-state index contributed by atoms with van der Waals surface area (Å²) >= 11 is 0. The van der Waals surface area contributed by atoms with Crippen LogP contribution >= 0.6 is 0 Å². The molecule has 10 heteroatoms. The number of allylic oxidation sites excluding steroid dienone is 1. The van der Waals surface area contributed by atoms with Crippen molar-refractivity contribution in [2.75, 3.05) is 52.4 Å². The average molecular weight is 486 g/mol. The summed E-state index contributed by atoms with van der Waals surface area (Å²) in [4.78, 5) is 13.1. The van der Waals surface area contributed by atoms with Crippen molar-refractivity contribution >= 4 is 16.7 Å². The van der Waals surface area contributed by atoms with Gasteiger partial charge in [0, 0.05) is 44.2 Å². The Balaban J connectivity index is 1.52. The van der Waals surface area contributed by atoms with Crippen LogP contribution in [-0.4, -0.2) is 62.4 Å². The number of rotatable bonds is 8. The van der Waals surface area contributed by atoms with E-state index in [-0.39, 0.29) is 5.57 Å². The molecule has 0 unspecified atom stereocenters. The van der Waals surface area contributed by atoms with Gasteiger partial charge >= 0.3 is 0 Å². The lowest BCUT2D eigenvalue weighted by molar-refractivity contribution is 0.297. The number of nitrogens with zero attached hydrogens (tertiary/aromatic N) is 6. The molecule has 36 heavy (non-hydrogen) atoms. The second-order valence-electron chi connectivity index (χ2n) is 8.04. The summed E-state index contributed by atoms with van der Waals surface area (Å²) in [6, 6.07) is 15.4. The Hall–Kier alpha value is -4.70. The summed E-state index contributed by atoms with van der Waals surface area (Å²) in [5.41, 5.74) is 1.83. The minimum Gasteiger partial charge on any atom is -0.497 e. The fourth-order valence-electron chi connectivity index (χ4n) is 4.18. The number of piperazine rings is 1. The maximum absolute atomic E-state index is 9.57. The molecule has 0 aliphatic carbocycles. The van der Waals surface area contributed by atoms with Crippen molar-refractivity contribution in [2.24, 2.45) is 0 Å². The summed E-state index contributed by atoms with van der Waals surface area (Å²) in [5, 5.41) is 23.3. The van der Waals surface area contributed by atoms with Crippen molar-refractivity contribution in [3.05, 3.63) is 59.7 Å². The van der Waals surface area contributed by atoms with Crippen LogP contribution in [0.25, 0.3) is 10.9 Å². The van der Waals surface area contributed by atoms with Crippen LogP contribution in [0, 0.1) is 22.7 Å². The number of aromatic nitrogens is 2. The number of hydrogen-bond acceptors (Lipinski definition) is 10. The zero-order valence-electron chi connectivity index (χ0n) is 20.5. The highest BCUT2D eigenvalue weighted by Gasteiger charge is 2.24. The Kier molecular flexibility index (Phi) is 7.57. The van der Waals surface area contributed by atoms with Gasteiger partial charge in [-0.3, -0.25) is 0 Å². The highest BCUT2D eigenvalue weighted by molar-refractivity contribution is 5.92. The molecule has 1 aliphatic rings. The zero-order chi connectivity index (χ0) is 25.5. The Morgan fingerprint density at radius 3 is 2.19 bits per heavy atom. The first-order valence-corrected chi connectivity index (χ1v) is 11.4. The molecule has 0 spiro atoms. The van der Waals surface area contributed by atoms with Crippen molar-refractivity contribution in [3.8, 4) is 29.4 Å². The summed E-state index contributed by atoms with van der Waals surface area (Å²) in [6.45, 7) is 2.99. The molecule has 0 bridgehead atoms. The van der Waals surface area contributed by atoms with Gasteiger partial charge in [-0.05, 0) is 23.8 Å². The van der Waals surface area contributed by atoms with Crippen molar-refractivity contribution in [2.45, 2.75) is 6.54 Å². The van der Waals surface area contributed by atoms with Gasteiger partial charge in [0.15, 0.2) is 17.1 Å². The lowest BCUT2D eigenvalue weighted by Gasteiger charge is -2.38. The minimum atomic E-state index is 0.0567. The Bertz CT molecular complexity index is 1320. The van der Waals surface area contributed by atoms with E-state index in [9.17, 15) is 10.5 Å². The predicted molar refractivity (Wildman–Crippen MR) is 135 cm³/mol. The van der Waals surface area contributed by atoms with Crippen LogP contribution < -0.4 is 24.4 Å². The molecule has 1 N–H and O–H groups in total. The fourth-order valence-corrected chi connectivity index (χ4v) is 4.18. The molecule has 0 saturated carbocycles. The van der Waals surface area contributed by atoms with E-state index in [4.69, 9.17) is 14.2 Å². The molecule has 2 aromatic carbocycles. The monoisotopic (exact) mass is 485 g/mol. The first kappa shape index (κ1) is 24.4. The van der Waals surface area contributed by atoms with Gasteiger partial charge in [0.1, 0.15) is 35.9 Å². The summed E-state index contributed by atoms with van der Waals surface area (Å²) in [7, 11) is 4.81. The largest absolute Gasteiger partial charge is 0.497 e. The summed E-state index contributed by atoms with van der Waals surface area (Å²) in [6.07, 6.45) is 1.54. The van der Waals surface area contributed by atoms with Gasteiger partial charge in [-0.25, -0.2) is 9.97 Å². The van der Waals surface area contributed by atoms with Crippen LogP contribution in [-0.2, 0) is 6.54 Å². The third-order valence-electron chi connectivity index (χ3n) is 6.09. The smallest absolute Gasteiger partial charge is 0.169 e. The van der Waals surface area contributed by atoms with Crippen molar-refractivity contribution < 1.29 is 14.2 Å². The van der Waals surface area contributed by atoms with Crippen LogP contribution in [0.5, 0.6) is 17.2 Å². The molecule has 1 aromatic heterocycles. The number of benzene rings is 2. The maximum atomic E-state index is 9.57.